The second-order valence-electron chi connectivity index (χ2n) is 6.11. The Bertz CT molecular complexity index is 372. The van der Waals surface area contributed by atoms with Crippen LogP contribution in [0, 0.1) is 11.8 Å². The number of hydrogen-bond donors (Lipinski definition) is 1. The normalized spacial score (nSPS) is 24.1. The number of hydrogen-bond acceptors (Lipinski definition) is 2. The molecule has 1 aromatic carbocycles. The first kappa shape index (κ1) is 15.5. The lowest BCUT2D eigenvalue weighted by Crippen LogP contribution is -2.44. The van der Waals surface area contributed by atoms with Crippen molar-refractivity contribution >= 4 is 0 Å². The van der Waals surface area contributed by atoms with E-state index in [4.69, 9.17) is 4.74 Å². The number of nitrogens with one attached hydrogen (secondary N) is 1. The SMILES string of the molecule is CCC(C)C(c1ccccc1)C(NC)C1CCCOC1. The summed E-state index contributed by atoms with van der Waals surface area (Å²) in [5.74, 6) is 1.88. The van der Waals surface area contributed by atoms with Gasteiger partial charge >= 0.3 is 0 Å². The minimum Gasteiger partial charge on any atom is -0.381 e. The molecule has 2 rings (SSSR count). The van der Waals surface area contributed by atoms with E-state index in [1.807, 2.05) is 0 Å². The van der Waals surface area contributed by atoms with Gasteiger partial charge in [-0.25, -0.2) is 0 Å². The molecule has 1 fully saturated rings. The van der Waals surface area contributed by atoms with E-state index in [2.05, 4.69) is 56.5 Å². The fraction of sp³-hybridized carbons (Fsp3) is 0.667. The number of ether oxygens (including phenoxy) is 1. The standard InChI is InChI=1S/C18H29NO/c1-4-14(2)17(15-9-6-5-7-10-15)18(19-3)16-11-8-12-20-13-16/h5-7,9-10,14,16-19H,4,8,11-13H2,1-3H3. The molecule has 0 bridgehead atoms. The molecule has 0 aromatic heterocycles. The minimum absolute atomic E-state index is 0.507. The van der Waals surface area contributed by atoms with Gasteiger partial charge in [0.05, 0.1) is 6.61 Å². The van der Waals surface area contributed by atoms with Crippen molar-refractivity contribution in [2.45, 2.75) is 45.1 Å². The van der Waals surface area contributed by atoms with Gasteiger partial charge in [0.25, 0.3) is 0 Å². The van der Waals surface area contributed by atoms with E-state index in [0.717, 1.165) is 13.2 Å². The molecule has 4 unspecified atom stereocenters. The van der Waals surface area contributed by atoms with Gasteiger partial charge < -0.3 is 10.1 Å². The second kappa shape index (κ2) is 7.80. The maximum Gasteiger partial charge on any atom is 0.0509 e. The van der Waals surface area contributed by atoms with Crippen LogP contribution < -0.4 is 5.32 Å². The molecule has 0 amide bonds. The van der Waals surface area contributed by atoms with E-state index in [0.29, 0.717) is 23.8 Å². The first-order valence-electron chi connectivity index (χ1n) is 8.07. The zero-order chi connectivity index (χ0) is 14.4. The maximum atomic E-state index is 5.72. The summed E-state index contributed by atoms with van der Waals surface area (Å²) >= 11 is 0. The molecule has 0 saturated carbocycles. The molecule has 0 radical (unpaired) electrons. The van der Waals surface area contributed by atoms with Gasteiger partial charge in [-0.15, -0.1) is 0 Å². The fourth-order valence-corrected chi connectivity index (χ4v) is 3.58. The number of likely N-dealkylation sites (N-methyl/N-ethyl adjacent to an activating group) is 1. The Kier molecular flexibility index (Phi) is 6.06. The van der Waals surface area contributed by atoms with Gasteiger partial charge in [0.1, 0.15) is 0 Å². The predicted octanol–water partition coefficient (Wildman–Crippen LogP) is 3.83. The number of rotatable bonds is 6. The Balaban J connectivity index is 2.23. The lowest BCUT2D eigenvalue weighted by atomic mass is 9.74. The molecule has 1 N–H and O–H groups in total. The third-order valence-electron chi connectivity index (χ3n) is 4.87. The lowest BCUT2D eigenvalue weighted by molar-refractivity contribution is 0.0324. The highest BCUT2D eigenvalue weighted by Crippen LogP contribution is 2.35. The lowest BCUT2D eigenvalue weighted by Gasteiger charge is -2.38. The molecular weight excluding hydrogens is 246 g/mol. The van der Waals surface area contributed by atoms with Crippen LogP contribution in [0.5, 0.6) is 0 Å². The van der Waals surface area contributed by atoms with Gasteiger partial charge in [0.2, 0.25) is 0 Å². The molecule has 1 saturated heterocycles. The zero-order valence-electron chi connectivity index (χ0n) is 13.1. The van der Waals surface area contributed by atoms with E-state index < -0.39 is 0 Å². The summed E-state index contributed by atoms with van der Waals surface area (Å²) in [4.78, 5) is 0. The Labute approximate surface area is 123 Å². The molecule has 4 atom stereocenters. The first-order chi connectivity index (χ1) is 9.77. The third kappa shape index (κ3) is 3.62. The van der Waals surface area contributed by atoms with Gasteiger partial charge in [0.15, 0.2) is 0 Å². The third-order valence-corrected chi connectivity index (χ3v) is 4.87. The second-order valence-corrected chi connectivity index (χ2v) is 6.11. The molecule has 0 spiro atoms. The van der Waals surface area contributed by atoms with E-state index >= 15 is 0 Å². The van der Waals surface area contributed by atoms with Crippen molar-refractivity contribution in [2.75, 3.05) is 20.3 Å². The summed E-state index contributed by atoms with van der Waals surface area (Å²) < 4.78 is 5.72. The Morgan fingerprint density at radius 1 is 1.30 bits per heavy atom. The van der Waals surface area contributed by atoms with Crippen molar-refractivity contribution in [3.05, 3.63) is 35.9 Å². The van der Waals surface area contributed by atoms with Crippen LogP contribution in [-0.4, -0.2) is 26.3 Å². The summed E-state index contributed by atoms with van der Waals surface area (Å²) in [5.41, 5.74) is 1.46. The van der Waals surface area contributed by atoms with Crippen LogP contribution in [0.2, 0.25) is 0 Å². The van der Waals surface area contributed by atoms with Crippen molar-refractivity contribution in [3.8, 4) is 0 Å². The fourth-order valence-electron chi connectivity index (χ4n) is 3.58. The van der Waals surface area contributed by atoms with Gasteiger partial charge in [-0.05, 0) is 37.3 Å². The predicted molar refractivity (Wildman–Crippen MR) is 85.0 cm³/mol. The van der Waals surface area contributed by atoms with Crippen LogP contribution >= 0.6 is 0 Å². The summed E-state index contributed by atoms with van der Waals surface area (Å²) in [5, 5.41) is 3.61. The molecular formula is C18H29NO. The van der Waals surface area contributed by atoms with Crippen LogP contribution in [-0.2, 0) is 4.74 Å². The summed E-state index contributed by atoms with van der Waals surface area (Å²) in [6.07, 6.45) is 3.70. The summed E-state index contributed by atoms with van der Waals surface area (Å²) in [6.45, 7) is 6.52. The topological polar surface area (TPSA) is 21.3 Å². The van der Waals surface area contributed by atoms with Crippen molar-refractivity contribution in [1.29, 1.82) is 0 Å². The van der Waals surface area contributed by atoms with Gasteiger partial charge in [-0.1, -0.05) is 50.6 Å². The minimum atomic E-state index is 0.507. The molecule has 1 aliphatic rings. The van der Waals surface area contributed by atoms with Crippen LogP contribution in [0.1, 0.15) is 44.6 Å². The molecule has 1 aromatic rings. The largest absolute Gasteiger partial charge is 0.381 e. The Hall–Kier alpha value is -0.860. The van der Waals surface area contributed by atoms with E-state index in [1.165, 1.54) is 24.8 Å². The Morgan fingerprint density at radius 3 is 2.60 bits per heavy atom. The van der Waals surface area contributed by atoms with Crippen LogP contribution in [0.25, 0.3) is 0 Å². The highest BCUT2D eigenvalue weighted by atomic mass is 16.5. The van der Waals surface area contributed by atoms with Gasteiger partial charge in [-0.2, -0.15) is 0 Å². The molecule has 1 aliphatic heterocycles. The highest BCUT2D eigenvalue weighted by molar-refractivity contribution is 5.22. The molecule has 20 heavy (non-hydrogen) atoms. The van der Waals surface area contributed by atoms with E-state index in [9.17, 15) is 0 Å². The average Bonchev–Trinajstić information content (AvgIpc) is 2.53. The van der Waals surface area contributed by atoms with Crippen LogP contribution in [0.4, 0.5) is 0 Å². The quantitative estimate of drug-likeness (QED) is 0.852. The highest BCUT2D eigenvalue weighted by Gasteiger charge is 2.33. The molecule has 112 valence electrons. The first-order valence-corrected chi connectivity index (χ1v) is 8.07. The molecule has 2 heteroatoms. The summed E-state index contributed by atoms with van der Waals surface area (Å²) in [6, 6.07) is 11.5. The van der Waals surface area contributed by atoms with Crippen molar-refractivity contribution in [1.82, 2.24) is 5.32 Å². The Morgan fingerprint density at radius 2 is 2.05 bits per heavy atom. The van der Waals surface area contributed by atoms with Crippen LogP contribution in [0.3, 0.4) is 0 Å². The van der Waals surface area contributed by atoms with Crippen molar-refractivity contribution < 1.29 is 4.74 Å². The average molecular weight is 275 g/mol. The van der Waals surface area contributed by atoms with E-state index in [1.54, 1.807) is 0 Å². The van der Waals surface area contributed by atoms with Gasteiger partial charge in [-0.3, -0.25) is 0 Å². The number of benzene rings is 1. The zero-order valence-corrected chi connectivity index (χ0v) is 13.1. The molecule has 2 nitrogen and oxygen atoms in total. The van der Waals surface area contributed by atoms with Gasteiger partial charge in [0, 0.05) is 18.6 Å². The molecule has 0 aliphatic carbocycles. The smallest absolute Gasteiger partial charge is 0.0509 e. The summed E-state index contributed by atoms with van der Waals surface area (Å²) in [7, 11) is 2.11. The monoisotopic (exact) mass is 275 g/mol. The maximum absolute atomic E-state index is 5.72. The van der Waals surface area contributed by atoms with E-state index in [-0.39, 0.29) is 0 Å². The molecule has 1 heterocycles. The van der Waals surface area contributed by atoms with Crippen molar-refractivity contribution in [2.24, 2.45) is 11.8 Å². The van der Waals surface area contributed by atoms with Crippen molar-refractivity contribution in [3.63, 3.8) is 0 Å². The van der Waals surface area contributed by atoms with Crippen LogP contribution in [0.15, 0.2) is 30.3 Å².